The SMILES string of the molecule is C.CCCC1CCC(c2c(F)cc(-c3ccccc3)c(Oc3ccc(OC(F)(F)F)cc3)c2F)CC1. The van der Waals surface area contributed by atoms with E-state index < -0.39 is 23.7 Å². The fraction of sp³-hybridized carbons (Fsp3) is 0.379. The van der Waals surface area contributed by atoms with Gasteiger partial charge in [0.2, 0.25) is 0 Å². The van der Waals surface area contributed by atoms with Crippen molar-refractivity contribution in [2.75, 3.05) is 0 Å². The van der Waals surface area contributed by atoms with Gasteiger partial charge in [-0.15, -0.1) is 13.2 Å². The molecule has 1 fully saturated rings. The normalized spacial score (nSPS) is 17.8. The third-order valence-electron chi connectivity index (χ3n) is 6.52. The summed E-state index contributed by atoms with van der Waals surface area (Å²) in [6, 6.07) is 14.7. The van der Waals surface area contributed by atoms with Crippen LogP contribution >= 0.6 is 0 Å². The zero-order valence-corrected chi connectivity index (χ0v) is 19.4. The van der Waals surface area contributed by atoms with E-state index in [9.17, 15) is 13.2 Å². The first-order chi connectivity index (χ1) is 16.7. The average molecular weight is 507 g/mol. The number of ether oxygens (including phenoxy) is 2. The summed E-state index contributed by atoms with van der Waals surface area (Å²) in [6.07, 6.45) is 0.639. The fourth-order valence-corrected chi connectivity index (χ4v) is 4.90. The first-order valence-corrected chi connectivity index (χ1v) is 11.9. The standard InChI is InChI=1S/C28H27F5O2.CH4/c1-2-6-18-9-11-20(12-10-18)25-24(29)17-23(19-7-4-3-5-8-19)27(26(25)30)34-21-13-15-22(16-14-21)35-28(31,32)33;/h3-5,7-8,13-18,20H,2,6,9-12H2,1H3;1H4. The van der Waals surface area contributed by atoms with Crippen LogP contribution in [0.3, 0.4) is 0 Å². The van der Waals surface area contributed by atoms with E-state index >= 15 is 8.78 Å². The van der Waals surface area contributed by atoms with Gasteiger partial charge >= 0.3 is 6.36 Å². The van der Waals surface area contributed by atoms with E-state index in [1.807, 2.05) is 0 Å². The molecular weight excluding hydrogens is 475 g/mol. The zero-order chi connectivity index (χ0) is 25.0. The number of halogens is 5. The minimum atomic E-state index is -4.82. The molecule has 0 radical (unpaired) electrons. The van der Waals surface area contributed by atoms with E-state index in [2.05, 4.69) is 11.7 Å². The highest BCUT2D eigenvalue weighted by Crippen LogP contribution is 2.45. The van der Waals surface area contributed by atoms with Crippen molar-refractivity contribution >= 4 is 0 Å². The lowest BCUT2D eigenvalue weighted by atomic mass is 9.76. The van der Waals surface area contributed by atoms with Crippen LogP contribution in [0.15, 0.2) is 60.7 Å². The third-order valence-corrected chi connectivity index (χ3v) is 6.52. The Balaban J connectivity index is 0.00000361. The maximum Gasteiger partial charge on any atom is 0.573 e. The van der Waals surface area contributed by atoms with Crippen molar-refractivity contribution in [2.24, 2.45) is 5.92 Å². The topological polar surface area (TPSA) is 18.5 Å². The highest BCUT2D eigenvalue weighted by atomic mass is 19.4. The van der Waals surface area contributed by atoms with E-state index in [4.69, 9.17) is 4.74 Å². The molecule has 0 saturated heterocycles. The van der Waals surface area contributed by atoms with Gasteiger partial charge in [0.15, 0.2) is 11.6 Å². The summed E-state index contributed by atoms with van der Waals surface area (Å²) in [5.41, 5.74) is 0.821. The van der Waals surface area contributed by atoms with Gasteiger partial charge in [-0.25, -0.2) is 8.78 Å². The van der Waals surface area contributed by atoms with Gasteiger partial charge < -0.3 is 9.47 Å². The van der Waals surface area contributed by atoms with Crippen molar-refractivity contribution in [3.8, 4) is 28.4 Å². The largest absolute Gasteiger partial charge is 0.573 e. The maximum absolute atomic E-state index is 16.0. The molecule has 7 heteroatoms. The molecule has 0 aromatic heterocycles. The minimum absolute atomic E-state index is 0. The quantitative estimate of drug-likeness (QED) is 0.297. The number of hydrogen-bond acceptors (Lipinski definition) is 2. The first-order valence-electron chi connectivity index (χ1n) is 11.9. The van der Waals surface area contributed by atoms with Crippen LogP contribution in [-0.4, -0.2) is 6.36 Å². The Hall–Kier alpha value is -3.09. The maximum atomic E-state index is 16.0. The second-order valence-electron chi connectivity index (χ2n) is 8.96. The molecule has 36 heavy (non-hydrogen) atoms. The lowest BCUT2D eigenvalue weighted by Gasteiger charge is -2.29. The Bertz CT molecular complexity index is 1120. The van der Waals surface area contributed by atoms with Gasteiger partial charge in [-0.3, -0.25) is 0 Å². The molecule has 0 amide bonds. The van der Waals surface area contributed by atoms with Crippen molar-refractivity contribution in [3.63, 3.8) is 0 Å². The lowest BCUT2D eigenvalue weighted by molar-refractivity contribution is -0.274. The van der Waals surface area contributed by atoms with Gasteiger partial charge in [-0.1, -0.05) is 57.5 Å². The van der Waals surface area contributed by atoms with Crippen LogP contribution in [0.5, 0.6) is 17.2 Å². The van der Waals surface area contributed by atoms with Gasteiger partial charge in [-0.2, -0.15) is 0 Å². The second-order valence-corrected chi connectivity index (χ2v) is 8.96. The van der Waals surface area contributed by atoms with E-state index in [-0.39, 0.29) is 36.0 Å². The highest BCUT2D eigenvalue weighted by molar-refractivity contribution is 5.72. The number of rotatable bonds is 7. The van der Waals surface area contributed by atoms with Crippen LogP contribution in [0.1, 0.15) is 64.4 Å². The highest BCUT2D eigenvalue weighted by Gasteiger charge is 2.32. The van der Waals surface area contributed by atoms with Gasteiger partial charge in [0.05, 0.1) is 0 Å². The Morgan fingerprint density at radius 3 is 2.06 bits per heavy atom. The van der Waals surface area contributed by atoms with Crippen LogP contribution in [0.2, 0.25) is 0 Å². The molecule has 3 aromatic rings. The molecule has 0 heterocycles. The molecule has 1 aliphatic rings. The van der Waals surface area contributed by atoms with Gasteiger partial charge in [0.1, 0.15) is 17.3 Å². The van der Waals surface area contributed by atoms with Crippen molar-refractivity contribution in [3.05, 3.63) is 77.9 Å². The van der Waals surface area contributed by atoms with Crippen LogP contribution < -0.4 is 9.47 Å². The van der Waals surface area contributed by atoms with Crippen LogP contribution in [0, 0.1) is 17.6 Å². The monoisotopic (exact) mass is 506 g/mol. The Morgan fingerprint density at radius 1 is 0.861 bits per heavy atom. The van der Waals surface area contributed by atoms with E-state index in [1.165, 1.54) is 18.2 Å². The van der Waals surface area contributed by atoms with Crippen molar-refractivity contribution in [1.29, 1.82) is 0 Å². The summed E-state index contributed by atoms with van der Waals surface area (Å²) in [6.45, 7) is 2.14. The Kier molecular flexibility index (Phi) is 8.98. The van der Waals surface area contributed by atoms with Gasteiger partial charge in [-0.05, 0) is 73.4 Å². The smallest absolute Gasteiger partial charge is 0.454 e. The van der Waals surface area contributed by atoms with Crippen LogP contribution in [0.4, 0.5) is 22.0 Å². The summed E-state index contributed by atoms with van der Waals surface area (Å²) in [5, 5.41) is 0. The van der Waals surface area contributed by atoms with Gasteiger partial charge in [0.25, 0.3) is 0 Å². The summed E-state index contributed by atoms with van der Waals surface area (Å²) >= 11 is 0. The van der Waals surface area contributed by atoms with E-state index in [0.29, 0.717) is 24.3 Å². The molecule has 0 unspecified atom stereocenters. The fourth-order valence-electron chi connectivity index (χ4n) is 4.90. The molecule has 2 nitrogen and oxygen atoms in total. The molecule has 1 aliphatic carbocycles. The predicted molar refractivity (Wildman–Crippen MR) is 131 cm³/mol. The van der Waals surface area contributed by atoms with E-state index in [1.54, 1.807) is 30.3 Å². The molecule has 1 saturated carbocycles. The second kappa shape index (κ2) is 11.8. The first kappa shape index (κ1) is 27.5. The zero-order valence-electron chi connectivity index (χ0n) is 19.4. The molecule has 0 atom stereocenters. The van der Waals surface area contributed by atoms with E-state index in [0.717, 1.165) is 37.8 Å². The number of alkyl halides is 3. The summed E-state index contributed by atoms with van der Waals surface area (Å²) in [7, 11) is 0. The summed E-state index contributed by atoms with van der Waals surface area (Å²) in [5.74, 6) is -1.50. The molecule has 194 valence electrons. The minimum Gasteiger partial charge on any atom is -0.454 e. The number of hydrogen-bond donors (Lipinski definition) is 0. The molecule has 0 N–H and O–H groups in total. The van der Waals surface area contributed by atoms with Crippen LogP contribution in [0.25, 0.3) is 11.1 Å². The van der Waals surface area contributed by atoms with Crippen LogP contribution in [-0.2, 0) is 0 Å². The molecule has 0 spiro atoms. The molecule has 3 aromatic carbocycles. The average Bonchev–Trinajstić information content (AvgIpc) is 2.83. The van der Waals surface area contributed by atoms with Crippen molar-refractivity contribution in [1.82, 2.24) is 0 Å². The molecule has 4 rings (SSSR count). The van der Waals surface area contributed by atoms with Gasteiger partial charge in [0, 0.05) is 11.1 Å². The molecule has 0 aliphatic heterocycles. The van der Waals surface area contributed by atoms with Crippen molar-refractivity contribution in [2.45, 2.75) is 65.2 Å². The molecule has 0 bridgehead atoms. The number of benzene rings is 3. The summed E-state index contributed by atoms with van der Waals surface area (Å²) in [4.78, 5) is 0. The predicted octanol–water partition coefficient (Wildman–Crippen LogP) is 10.0. The third kappa shape index (κ3) is 6.56. The van der Waals surface area contributed by atoms with Crippen molar-refractivity contribution < 1.29 is 31.4 Å². The lowest BCUT2D eigenvalue weighted by Crippen LogP contribution is -2.17. The Morgan fingerprint density at radius 2 is 1.47 bits per heavy atom. The Labute approximate surface area is 209 Å². The molecular formula is C29H31F5O2. The summed E-state index contributed by atoms with van der Waals surface area (Å²) < 4.78 is 78.4.